The lowest BCUT2D eigenvalue weighted by molar-refractivity contribution is 0.00856. The van der Waals surface area contributed by atoms with Crippen LogP contribution in [0.15, 0.2) is 48.5 Å². The van der Waals surface area contributed by atoms with Crippen molar-refractivity contribution in [2.45, 2.75) is 32.6 Å². The van der Waals surface area contributed by atoms with Crippen molar-refractivity contribution in [2.75, 3.05) is 6.26 Å². The quantitative estimate of drug-likeness (QED) is 0.760. The predicted octanol–water partition coefficient (Wildman–Crippen LogP) is 2.39. The van der Waals surface area contributed by atoms with E-state index in [0.717, 1.165) is 6.26 Å². The van der Waals surface area contributed by atoms with Crippen LogP contribution in [0.5, 0.6) is 11.5 Å². The third-order valence-corrected chi connectivity index (χ3v) is 5.03. The highest BCUT2D eigenvalue weighted by Crippen LogP contribution is 2.33. The van der Waals surface area contributed by atoms with E-state index in [1.807, 2.05) is 18.2 Å². The number of hydrogen-bond donors (Lipinski definition) is 1. The van der Waals surface area contributed by atoms with Crippen LogP contribution >= 0.6 is 0 Å². The average Bonchev–Trinajstić information content (AvgIpc) is 2.89. The number of amides is 1. The number of carbonyl (C=O) groups excluding carboxylic acids is 1. The van der Waals surface area contributed by atoms with Gasteiger partial charge < -0.3 is 19.2 Å². The van der Waals surface area contributed by atoms with Gasteiger partial charge in [0.1, 0.15) is 17.1 Å². The Balaban J connectivity index is 1.94. The molecule has 2 aromatic rings. The molecule has 1 heterocycles. The molecule has 1 unspecified atom stereocenters. The number of carbonyl (C=O) groups is 1. The minimum Gasteiger partial charge on any atom is -0.457 e. The van der Waals surface area contributed by atoms with Crippen LogP contribution < -0.4 is 10.2 Å². The van der Waals surface area contributed by atoms with E-state index < -0.39 is 35.1 Å². The fourth-order valence-electron chi connectivity index (χ4n) is 2.84. The summed E-state index contributed by atoms with van der Waals surface area (Å²) in [6.07, 6.45) is -1.57. The summed E-state index contributed by atoms with van der Waals surface area (Å²) in [6.45, 7) is 4.87. The molecule has 0 radical (unpaired) electrons. The fourth-order valence-corrected chi connectivity index (χ4v) is 3.66. The molecule has 8 nitrogen and oxygen atoms in total. The van der Waals surface area contributed by atoms with Gasteiger partial charge in [-0.15, -0.1) is 0 Å². The van der Waals surface area contributed by atoms with Crippen LogP contribution in [0.3, 0.4) is 0 Å². The third-order valence-electron chi connectivity index (χ3n) is 3.97. The molecule has 0 spiro atoms. The van der Waals surface area contributed by atoms with Gasteiger partial charge in [-0.3, -0.25) is 0 Å². The Morgan fingerprint density at radius 1 is 1.14 bits per heavy atom. The van der Waals surface area contributed by atoms with E-state index in [2.05, 4.69) is 0 Å². The molecule has 1 aliphatic rings. The molecule has 1 amide bonds. The lowest BCUT2D eigenvalue weighted by atomic mass is 9.79. The second-order valence-electron chi connectivity index (χ2n) is 7.59. The first-order valence-electron chi connectivity index (χ1n) is 8.88. The van der Waals surface area contributed by atoms with E-state index in [1.165, 1.54) is 0 Å². The zero-order valence-electron chi connectivity index (χ0n) is 16.5. The predicted molar refractivity (Wildman–Crippen MR) is 107 cm³/mol. The van der Waals surface area contributed by atoms with E-state index in [4.69, 9.17) is 14.1 Å². The van der Waals surface area contributed by atoms with Crippen molar-refractivity contribution in [3.8, 4) is 11.5 Å². The Kier molecular flexibility index (Phi) is 5.62. The van der Waals surface area contributed by atoms with Crippen LogP contribution in [-0.2, 0) is 19.4 Å². The minimum absolute atomic E-state index is 0.306. The van der Waals surface area contributed by atoms with Crippen LogP contribution in [0.25, 0.3) is 0 Å². The molecular weight excluding hydrogens is 397 g/mol. The number of benzene rings is 2. The summed E-state index contributed by atoms with van der Waals surface area (Å²) in [5.41, 5.74) is -0.275. The van der Waals surface area contributed by atoms with Gasteiger partial charge in [0.05, 0.1) is 6.26 Å². The summed E-state index contributed by atoms with van der Waals surface area (Å²) < 4.78 is 41.5. The number of sulfonamides is 1. The van der Waals surface area contributed by atoms with Crippen LogP contribution in [0.1, 0.15) is 32.6 Å². The number of nitrogens with zero attached hydrogens (tertiary/aromatic N) is 1. The van der Waals surface area contributed by atoms with E-state index in [9.17, 15) is 18.2 Å². The summed E-state index contributed by atoms with van der Waals surface area (Å²) in [7, 11) is -5.48. The second-order valence-corrected chi connectivity index (χ2v) is 9.45. The number of ether oxygens (including phenoxy) is 2. The zero-order valence-corrected chi connectivity index (χ0v) is 17.3. The van der Waals surface area contributed by atoms with Crippen molar-refractivity contribution in [2.24, 2.45) is 0 Å². The zero-order chi connectivity index (χ0) is 21.4. The maximum Gasteiger partial charge on any atom is 0.493 e. The van der Waals surface area contributed by atoms with Crippen LogP contribution in [0.2, 0.25) is 0 Å². The Morgan fingerprint density at radius 2 is 1.79 bits per heavy atom. The van der Waals surface area contributed by atoms with Crippen molar-refractivity contribution in [3.63, 3.8) is 0 Å². The standard InChI is InChI=1S/C19H22BNO7S/c1-19(2,3)27-18(22)21(29(4,24)25)17-15-11-10-14(12-16(15)20(23)28-17)26-13-8-6-5-7-9-13/h5-12,17,23H,1-4H3. The van der Waals surface area contributed by atoms with E-state index in [0.29, 0.717) is 26.8 Å². The molecular formula is C19H22BNO7S. The van der Waals surface area contributed by atoms with Crippen molar-refractivity contribution >= 4 is 28.7 Å². The first kappa shape index (κ1) is 21.2. The van der Waals surface area contributed by atoms with Gasteiger partial charge in [0.25, 0.3) is 0 Å². The van der Waals surface area contributed by atoms with Crippen molar-refractivity contribution in [1.29, 1.82) is 0 Å². The number of hydrogen-bond acceptors (Lipinski definition) is 7. The molecule has 0 saturated carbocycles. The summed E-state index contributed by atoms with van der Waals surface area (Å²) in [5.74, 6) is 1.03. The van der Waals surface area contributed by atoms with Gasteiger partial charge in [0, 0.05) is 5.56 Å². The van der Waals surface area contributed by atoms with Crippen LogP contribution in [0, 0.1) is 0 Å². The first-order valence-corrected chi connectivity index (χ1v) is 10.7. The summed E-state index contributed by atoms with van der Waals surface area (Å²) in [4.78, 5) is 12.6. The lowest BCUT2D eigenvalue weighted by Gasteiger charge is -2.30. The van der Waals surface area contributed by atoms with Gasteiger partial charge in [-0.2, -0.15) is 4.31 Å². The maximum atomic E-state index is 12.6. The Morgan fingerprint density at radius 3 is 2.38 bits per heavy atom. The molecule has 0 fully saturated rings. The van der Waals surface area contributed by atoms with E-state index >= 15 is 0 Å². The Bertz CT molecular complexity index is 1000. The van der Waals surface area contributed by atoms with Gasteiger partial charge >= 0.3 is 13.2 Å². The molecule has 1 atom stereocenters. The lowest BCUT2D eigenvalue weighted by Crippen LogP contribution is -2.43. The number of para-hydroxylation sites is 1. The monoisotopic (exact) mass is 419 g/mol. The largest absolute Gasteiger partial charge is 0.493 e. The summed E-state index contributed by atoms with van der Waals surface area (Å²) in [5, 5.41) is 10.3. The Hall–Kier alpha value is -2.56. The molecule has 2 aromatic carbocycles. The smallest absolute Gasteiger partial charge is 0.457 e. The molecule has 10 heteroatoms. The molecule has 0 aliphatic carbocycles. The van der Waals surface area contributed by atoms with Crippen molar-refractivity contribution in [3.05, 3.63) is 54.1 Å². The molecule has 154 valence electrons. The summed E-state index contributed by atoms with van der Waals surface area (Å²) >= 11 is 0. The molecule has 0 aromatic heterocycles. The van der Waals surface area contributed by atoms with Crippen molar-refractivity contribution in [1.82, 2.24) is 4.31 Å². The Labute approximate surface area is 170 Å². The molecule has 0 bridgehead atoms. The topological polar surface area (TPSA) is 102 Å². The summed E-state index contributed by atoms with van der Waals surface area (Å²) in [6, 6.07) is 13.8. The minimum atomic E-state index is -4.05. The van der Waals surface area contributed by atoms with Crippen molar-refractivity contribution < 1.29 is 32.4 Å². The van der Waals surface area contributed by atoms with Gasteiger partial charge in [-0.25, -0.2) is 13.2 Å². The van der Waals surface area contributed by atoms with Gasteiger partial charge in [0.15, 0.2) is 6.23 Å². The SMILES string of the molecule is CC(C)(C)OC(=O)N(C1OB(O)c2cc(Oc3ccccc3)ccc21)S(C)(=O)=O. The highest BCUT2D eigenvalue weighted by molar-refractivity contribution is 7.88. The second kappa shape index (κ2) is 7.70. The fraction of sp³-hybridized carbons (Fsp3) is 0.316. The average molecular weight is 419 g/mol. The van der Waals surface area contributed by atoms with E-state index in [-0.39, 0.29) is 0 Å². The molecule has 0 saturated heterocycles. The third kappa shape index (κ3) is 4.90. The van der Waals surface area contributed by atoms with Gasteiger partial charge in [0.2, 0.25) is 10.0 Å². The van der Waals surface area contributed by atoms with E-state index in [1.54, 1.807) is 51.1 Å². The molecule has 3 rings (SSSR count). The number of fused-ring (bicyclic) bond motifs is 1. The molecule has 29 heavy (non-hydrogen) atoms. The molecule has 1 N–H and O–H groups in total. The van der Waals surface area contributed by atoms with Crippen LogP contribution in [-0.4, -0.2) is 42.8 Å². The van der Waals surface area contributed by atoms with Gasteiger partial charge in [-0.05, 0) is 50.5 Å². The highest BCUT2D eigenvalue weighted by Gasteiger charge is 2.45. The maximum absolute atomic E-state index is 12.6. The first-order chi connectivity index (χ1) is 13.5. The van der Waals surface area contributed by atoms with Gasteiger partial charge in [-0.1, -0.05) is 24.3 Å². The van der Waals surface area contributed by atoms with Crippen LogP contribution in [0.4, 0.5) is 4.79 Å². The normalized spacial score (nSPS) is 16.3. The highest BCUT2D eigenvalue weighted by atomic mass is 32.2. The number of rotatable bonds is 4. The molecule has 1 aliphatic heterocycles.